The molecule has 0 bridgehead atoms. The fraction of sp³-hybridized carbons (Fsp3) is 0.562. The van der Waals surface area contributed by atoms with E-state index in [9.17, 15) is 0 Å². The number of aryl methyl sites for hydroxylation is 2. The van der Waals surface area contributed by atoms with Gasteiger partial charge in [-0.3, -0.25) is 4.99 Å². The fourth-order valence-corrected chi connectivity index (χ4v) is 3.64. The molecule has 2 aromatic rings. The smallest absolute Gasteiger partial charge is 0.191 e. The summed E-state index contributed by atoms with van der Waals surface area (Å²) in [6.45, 7) is 5.89. The van der Waals surface area contributed by atoms with Crippen LogP contribution in [0.15, 0.2) is 21.8 Å². The van der Waals surface area contributed by atoms with Gasteiger partial charge in [-0.15, -0.1) is 24.0 Å². The first-order chi connectivity index (χ1) is 11.2. The predicted octanol–water partition coefficient (Wildman–Crippen LogP) is 2.55. The summed E-state index contributed by atoms with van der Waals surface area (Å²) in [4.78, 5) is 8.80. The summed E-state index contributed by atoms with van der Waals surface area (Å²) in [5, 5.41) is 15.7. The van der Waals surface area contributed by atoms with Crippen molar-refractivity contribution in [2.24, 2.45) is 4.99 Å². The van der Waals surface area contributed by atoms with E-state index in [4.69, 9.17) is 0 Å². The normalized spacial score (nSPS) is 18.5. The molecule has 0 saturated carbocycles. The van der Waals surface area contributed by atoms with Gasteiger partial charge in [-0.2, -0.15) is 16.4 Å². The van der Waals surface area contributed by atoms with Gasteiger partial charge in [0.25, 0.3) is 0 Å². The van der Waals surface area contributed by atoms with E-state index >= 15 is 0 Å². The highest BCUT2D eigenvalue weighted by atomic mass is 127. The number of hydrogen-bond acceptors (Lipinski definition) is 4. The molecule has 0 aromatic carbocycles. The summed E-state index contributed by atoms with van der Waals surface area (Å²) in [6.07, 6.45) is 2.01. The molecule has 0 radical (unpaired) electrons. The molecule has 2 unspecified atom stereocenters. The van der Waals surface area contributed by atoms with Crippen molar-refractivity contribution >= 4 is 41.3 Å². The third-order valence-corrected chi connectivity index (χ3v) is 4.92. The Labute approximate surface area is 164 Å². The largest absolute Gasteiger partial charge is 0.356 e. The maximum atomic E-state index is 4.45. The minimum absolute atomic E-state index is 0. The van der Waals surface area contributed by atoms with Crippen LogP contribution in [-0.4, -0.2) is 40.4 Å². The van der Waals surface area contributed by atoms with Gasteiger partial charge in [-0.25, -0.2) is 9.67 Å². The monoisotopic (exact) mass is 460 g/mol. The summed E-state index contributed by atoms with van der Waals surface area (Å²) in [7, 11) is 1.82. The van der Waals surface area contributed by atoms with E-state index < -0.39 is 0 Å². The SMILES string of the molecule is CN=C(NCC(C)c1ccsc1)NC1CCc2nc(C)nn2C1.I. The molecular formula is C16H25IN6S. The average molecular weight is 460 g/mol. The van der Waals surface area contributed by atoms with Crippen molar-refractivity contribution in [3.8, 4) is 0 Å². The highest BCUT2D eigenvalue weighted by molar-refractivity contribution is 14.0. The summed E-state index contributed by atoms with van der Waals surface area (Å²) >= 11 is 1.74. The number of hydrogen-bond donors (Lipinski definition) is 2. The van der Waals surface area contributed by atoms with E-state index in [1.165, 1.54) is 5.56 Å². The number of fused-ring (bicyclic) bond motifs is 1. The van der Waals surface area contributed by atoms with E-state index in [1.807, 2.05) is 18.7 Å². The summed E-state index contributed by atoms with van der Waals surface area (Å²) in [5.74, 6) is 3.27. The molecule has 0 spiro atoms. The topological polar surface area (TPSA) is 67.1 Å². The molecule has 3 rings (SSSR count). The van der Waals surface area contributed by atoms with Crippen LogP contribution in [0.1, 0.15) is 36.5 Å². The number of aromatic nitrogens is 3. The van der Waals surface area contributed by atoms with E-state index in [0.717, 1.165) is 43.5 Å². The van der Waals surface area contributed by atoms with Crippen LogP contribution in [0.2, 0.25) is 0 Å². The molecule has 1 aliphatic heterocycles. The number of rotatable bonds is 4. The van der Waals surface area contributed by atoms with Crippen LogP contribution in [-0.2, 0) is 13.0 Å². The Bertz CT molecular complexity index is 666. The Morgan fingerprint density at radius 1 is 1.54 bits per heavy atom. The van der Waals surface area contributed by atoms with Gasteiger partial charge >= 0.3 is 0 Å². The van der Waals surface area contributed by atoms with Crippen LogP contribution in [0.3, 0.4) is 0 Å². The first kappa shape index (κ1) is 19.2. The quantitative estimate of drug-likeness (QED) is 0.418. The van der Waals surface area contributed by atoms with E-state index in [-0.39, 0.29) is 24.0 Å². The lowest BCUT2D eigenvalue weighted by Crippen LogP contribution is -2.47. The van der Waals surface area contributed by atoms with E-state index in [2.05, 4.69) is 49.5 Å². The number of aliphatic imine (C=N–C) groups is 1. The average Bonchev–Trinajstić information content (AvgIpc) is 3.19. The molecule has 0 amide bonds. The summed E-state index contributed by atoms with van der Waals surface area (Å²) in [5.41, 5.74) is 1.37. The van der Waals surface area contributed by atoms with Crippen LogP contribution in [0, 0.1) is 6.92 Å². The Kier molecular flexibility index (Phi) is 7.02. The summed E-state index contributed by atoms with van der Waals surface area (Å²) in [6, 6.07) is 2.52. The molecule has 2 atom stereocenters. The highest BCUT2D eigenvalue weighted by Crippen LogP contribution is 2.17. The lowest BCUT2D eigenvalue weighted by Gasteiger charge is -2.26. The zero-order chi connectivity index (χ0) is 16.2. The predicted molar refractivity (Wildman–Crippen MR) is 110 cm³/mol. The number of thiophene rings is 1. The lowest BCUT2D eigenvalue weighted by atomic mass is 10.1. The van der Waals surface area contributed by atoms with Crippen molar-refractivity contribution < 1.29 is 0 Å². The Balaban J connectivity index is 0.00000208. The Morgan fingerprint density at radius 3 is 3.08 bits per heavy atom. The van der Waals surface area contributed by atoms with Crippen LogP contribution in [0.4, 0.5) is 0 Å². The highest BCUT2D eigenvalue weighted by Gasteiger charge is 2.21. The van der Waals surface area contributed by atoms with Crippen molar-refractivity contribution in [3.05, 3.63) is 34.0 Å². The second-order valence-corrected chi connectivity index (χ2v) is 6.83. The fourth-order valence-electron chi connectivity index (χ4n) is 2.86. The molecular weight excluding hydrogens is 435 g/mol. The zero-order valence-corrected chi connectivity index (χ0v) is 17.5. The second-order valence-electron chi connectivity index (χ2n) is 6.05. The molecule has 6 nitrogen and oxygen atoms in total. The first-order valence-electron chi connectivity index (χ1n) is 8.05. The van der Waals surface area contributed by atoms with Gasteiger partial charge in [-0.1, -0.05) is 6.92 Å². The molecule has 24 heavy (non-hydrogen) atoms. The minimum Gasteiger partial charge on any atom is -0.356 e. The van der Waals surface area contributed by atoms with Crippen LogP contribution < -0.4 is 10.6 Å². The molecule has 0 saturated heterocycles. The third-order valence-electron chi connectivity index (χ3n) is 4.22. The molecule has 8 heteroatoms. The molecule has 2 aromatic heterocycles. The van der Waals surface area contributed by atoms with Gasteiger partial charge in [0.05, 0.1) is 6.54 Å². The van der Waals surface area contributed by atoms with Crippen LogP contribution in [0.5, 0.6) is 0 Å². The maximum Gasteiger partial charge on any atom is 0.191 e. The minimum atomic E-state index is 0. The standard InChI is InChI=1S/C16H24N6S.HI/c1-11(13-6-7-23-10-13)8-18-16(17-3)20-14-4-5-15-19-12(2)21-22(15)9-14;/h6-7,10-11,14H,4-5,8-9H2,1-3H3,(H2,17,18,20);1H. The molecule has 0 aliphatic carbocycles. The van der Waals surface area contributed by atoms with Gasteiger partial charge in [0, 0.05) is 26.1 Å². The van der Waals surface area contributed by atoms with Gasteiger partial charge in [0.15, 0.2) is 5.96 Å². The zero-order valence-electron chi connectivity index (χ0n) is 14.3. The maximum absolute atomic E-state index is 4.45. The van der Waals surface area contributed by atoms with Gasteiger partial charge in [0.1, 0.15) is 11.6 Å². The molecule has 1 aliphatic rings. The van der Waals surface area contributed by atoms with E-state index in [0.29, 0.717) is 12.0 Å². The van der Waals surface area contributed by atoms with Gasteiger partial charge in [-0.05, 0) is 41.7 Å². The lowest BCUT2D eigenvalue weighted by molar-refractivity contribution is 0.392. The number of guanidine groups is 1. The van der Waals surface area contributed by atoms with Crippen molar-refractivity contribution in [2.75, 3.05) is 13.6 Å². The Hall–Kier alpha value is -1.16. The Morgan fingerprint density at radius 2 is 2.38 bits per heavy atom. The van der Waals surface area contributed by atoms with Crippen LogP contribution in [0.25, 0.3) is 0 Å². The summed E-state index contributed by atoms with van der Waals surface area (Å²) < 4.78 is 2.01. The van der Waals surface area contributed by atoms with Crippen molar-refractivity contribution in [3.63, 3.8) is 0 Å². The van der Waals surface area contributed by atoms with Crippen molar-refractivity contribution in [2.45, 2.75) is 45.2 Å². The number of nitrogens with zero attached hydrogens (tertiary/aromatic N) is 4. The second kappa shape index (κ2) is 8.80. The molecule has 3 heterocycles. The molecule has 132 valence electrons. The molecule has 2 N–H and O–H groups in total. The third kappa shape index (κ3) is 4.69. The number of nitrogens with one attached hydrogen (secondary N) is 2. The molecule has 0 fully saturated rings. The van der Waals surface area contributed by atoms with Crippen molar-refractivity contribution in [1.29, 1.82) is 0 Å². The van der Waals surface area contributed by atoms with Gasteiger partial charge in [0.2, 0.25) is 0 Å². The van der Waals surface area contributed by atoms with Gasteiger partial charge < -0.3 is 10.6 Å². The van der Waals surface area contributed by atoms with E-state index in [1.54, 1.807) is 11.3 Å². The number of halogens is 1. The first-order valence-corrected chi connectivity index (χ1v) is 8.99. The van der Waals surface area contributed by atoms with Crippen molar-refractivity contribution in [1.82, 2.24) is 25.4 Å². The van der Waals surface area contributed by atoms with Crippen LogP contribution >= 0.6 is 35.3 Å².